The summed E-state index contributed by atoms with van der Waals surface area (Å²) in [5, 5.41) is 4.94. The van der Waals surface area contributed by atoms with Crippen molar-refractivity contribution < 1.29 is 9.53 Å². The molecule has 0 aliphatic carbocycles. The zero-order valence-electron chi connectivity index (χ0n) is 15.1. The number of anilines is 1. The summed E-state index contributed by atoms with van der Waals surface area (Å²) in [5.74, 6) is 0.792. The van der Waals surface area contributed by atoms with E-state index in [9.17, 15) is 4.79 Å². The van der Waals surface area contributed by atoms with Crippen molar-refractivity contribution in [3.8, 4) is 17.0 Å². The molecule has 0 fully saturated rings. The third-order valence-electron chi connectivity index (χ3n) is 4.42. The first kappa shape index (κ1) is 17.3. The van der Waals surface area contributed by atoms with Gasteiger partial charge in [0, 0.05) is 22.3 Å². The van der Waals surface area contributed by atoms with Gasteiger partial charge in [0.1, 0.15) is 11.4 Å². The molecule has 0 aliphatic rings. The highest BCUT2D eigenvalue weighted by atomic mass is 32.1. The smallest absolute Gasteiger partial charge is 0.229 e. The van der Waals surface area contributed by atoms with E-state index in [1.165, 1.54) is 0 Å². The van der Waals surface area contributed by atoms with Crippen LogP contribution in [0.1, 0.15) is 10.6 Å². The monoisotopic (exact) mass is 377 g/mol. The van der Waals surface area contributed by atoms with Crippen LogP contribution in [0.2, 0.25) is 0 Å². The average Bonchev–Trinajstić information content (AvgIpc) is 3.30. The van der Waals surface area contributed by atoms with E-state index in [2.05, 4.69) is 5.32 Å². The number of fused-ring (bicyclic) bond motifs is 1. The van der Waals surface area contributed by atoms with Crippen molar-refractivity contribution >= 4 is 28.6 Å². The van der Waals surface area contributed by atoms with Crippen LogP contribution in [0.3, 0.4) is 0 Å². The number of nitrogens with one attached hydrogen (secondary N) is 1. The molecule has 0 saturated carbocycles. The lowest BCUT2D eigenvalue weighted by molar-refractivity contribution is -0.115. The quantitative estimate of drug-likeness (QED) is 0.555. The minimum Gasteiger partial charge on any atom is -0.497 e. The molecule has 0 saturated heterocycles. The van der Waals surface area contributed by atoms with Crippen LogP contribution in [-0.4, -0.2) is 22.4 Å². The number of hydrogen-bond acceptors (Lipinski definition) is 4. The zero-order chi connectivity index (χ0) is 18.8. The maximum atomic E-state index is 12.2. The predicted octanol–water partition coefficient (Wildman–Crippen LogP) is 4.56. The highest BCUT2D eigenvalue weighted by Crippen LogP contribution is 2.26. The Balaban J connectivity index is 1.60. The van der Waals surface area contributed by atoms with Gasteiger partial charge in [-0.3, -0.25) is 4.79 Å². The van der Waals surface area contributed by atoms with Crippen molar-refractivity contribution in [3.63, 3.8) is 0 Å². The largest absolute Gasteiger partial charge is 0.497 e. The first-order valence-electron chi connectivity index (χ1n) is 8.59. The van der Waals surface area contributed by atoms with Gasteiger partial charge in [-0.1, -0.05) is 6.07 Å². The zero-order valence-corrected chi connectivity index (χ0v) is 15.9. The molecule has 5 nitrogen and oxygen atoms in total. The van der Waals surface area contributed by atoms with E-state index >= 15 is 0 Å². The Hall–Kier alpha value is -3.12. The van der Waals surface area contributed by atoms with E-state index in [0.717, 1.165) is 38.9 Å². The SMILES string of the molecule is COc1ccc(-c2nc3ccc(NC(=O)Cc4cccs4)cn3c2C)cc1. The highest BCUT2D eigenvalue weighted by molar-refractivity contribution is 7.10. The molecule has 0 aliphatic heterocycles. The van der Waals surface area contributed by atoms with Crippen LogP contribution < -0.4 is 10.1 Å². The average molecular weight is 377 g/mol. The predicted molar refractivity (Wildman–Crippen MR) is 109 cm³/mol. The van der Waals surface area contributed by atoms with Gasteiger partial charge in [0.25, 0.3) is 0 Å². The van der Waals surface area contributed by atoms with E-state index in [0.29, 0.717) is 6.42 Å². The molecule has 0 unspecified atom stereocenters. The summed E-state index contributed by atoms with van der Waals surface area (Å²) in [5.41, 5.74) is 4.56. The van der Waals surface area contributed by atoms with Crippen LogP contribution in [0.4, 0.5) is 5.69 Å². The number of aromatic nitrogens is 2. The minimum atomic E-state index is -0.0232. The number of rotatable bonds is 5. The maximum absolute atomic E-state index is 12.2. The molecule has 1 N–H and O–H groups in total. The summed E-state index contributed by atoms with van der Waals surface area (Å²) in [4.78, 5) is 18.0. The van der Waals surface area contributed by atoms with Crippen molar-refractivity contribution in [2.75, 3.05) is 12.4 Å². The second-order valence-electron chi connectivity index (χ2n) is 6.22. The fourth-order valence-electron chi connectivity index (χ4n) is 3.04. The van der Waals surface area contributed by atoms with Gasteiger partial charge < -0.3 is 14.5 Å². The molecule has 4 rings (SSSR count). The number of methoxy groups -OCH3 is 1. The summed E-state index contributed by atoms with van der Waals surface area (Å²) in [6, 6.07) is 15.6. The van der Waals surface area contributed by atoms with Crippen LogP contribution >= 0.6 is 11.3 Å². The summed E-state index contributed by atoms with van der Waals surface area (Å²) in [7, 11) is 1.65. The Kier molecular flexibility index (Phi) is 4.64. The number of nitrogens with zero attached hydrogens (tertiary/aromatic N) is 2. The van der Waals surface area contributed by atoms with Gasteiger partial charge in [-0.25, -0.2) is 4.98 Å². The third-order valence-corrected chi connectivity index (χ3v) is 5.30. The van der Waals surface area contributed by atoms with Crippen LogP contribution in [0.15, 0.2) is 60.1 Å². The second kappa shape index (κ2) is 7.25. The molecule has 3 heterocycles. The molecule has 136 valence electrons. The topological polar surface area (TPSA) is 55.6 Å². The fourth-order valence-corrected chi connectivity index (χ4v) is 3.74. The van der Waals surface area contributed by atoms with Gasteiger partial charge in [0.05, 0.1) is 24.9 Å². The Labute approximate surface area is 161 Å². The van der Waals surface area contributed by atoms with Crippen LogP contribution in [0, 0.1) is 6.92 Å². The molecule has 1 amide bonds. The molecule has 0 bridgehead atoms. The number of hydrogen-bond donors (Lipinski definition) is 1. The van der Waals surface area contributed by atoms with Crippen molar-refractivity contribution in [2.24, 2.45) is 0 Å². The summed E-state index contributed by atoms with van der Waals surface area (Å²) in [6.45, 7) is 2.02. The van der Waals surface area contributed by atoms with Crippen LogP contribution in [-0.2, 0) is 11.2 Å². The standard InChI is InChI=1S/C21H19N3O2S/c1-14-21(15-5-8-17(26-2)9-6-15)23-19-10-7-16(13-24(14)19)22-20(25)12-18-4-3-11-27-18/h3-11,13H,12H2,1-2H3,(H,22,25). The van der Waals surface area contributed by atoms with Gasteiger partial charge in [-0.2, -0.15) is 0 Å². The molecule has 3 aromatic heterocycles. The molecule has 27 heavy (non-hydrogen) atoms. The first-order chi connectivity index (χ1) is 13.1. The number of amides is 1. The van der Waals surface area contributed by atoms with E-state index in [1.807, 2.05) is 71.4 Å². The minimum absolute atomic E-state index is 0.0232. The lowest BCUT2D eigenvalue weighted by Crippen LogP contribution is -2.14. The molecule has 0 radical (unpaired) electrons. The highest BCUT2D eigenvalue weighted by Gasteiger charge is 2.12. The maximum Gasteiger partial charge on any atom is 0.229 e. The van der Waals surface area contributed by atoms with Gasteiger partial charge in [0.15, 0.2) is 0 Å². The number of thiophene rings is 1. The number of carbonyl (C=O) groups is 1. The molecule has 0 spiro atoms. The van der Waals surface area contributed by atoms with Crippen LogP contribution in [0.5, 0.6) is 5.75 Å². The van der Waals surface area contributed by atoms with E-state index in [1.54, 1.807) is 18.4 Å². The molecular formula is C21H19N3O2S. The second-order valence-corrected chi connectivity index (χ2v) is 7.26. The summed E-state index contributed by atoms with van der Waals surface area (Å²) < 4.78 is 7.22. The third kappa shape index (κ3) is 3.57. The van der Waals surface area contributed by atoms with E-state index in [-0.39, 0.29) is 5.91 Å². The van der Waals surface area contributed by atoms with Crippen molar-refractivity contribution in [2.45, 2.75) is 13.3 Å². The van der Waals surface area contributed by atoms with Gasteiger partial charge >= 0.3 is 0 Å². The Morgan fingerprint density at radius 3 is 2.70 bits per heavy atom. The van der Waals surface area contributed by atoms with Crippen LogP contribution in [0.25, 0.3) is 16.9 Å². The van der Waals surface area contributed by atoms with Gasteiger partial charge in [-0.15, -0.1) is 11.3 Å². The molecule has 6 heteroatoms. The summed E-state index contributed by atoms with van der Waals surface area (Å²) >= 11 is 1.59. The normalized spacial score (nSPS) is 10.9. The van der Waals surface area contributed by atoms with E-state index < -0.39 is 0 Å². The van der Waals surface area contributed by atoms with E-state index in [4.69, 9.17) is 9.72 Å². The number of benzene rings is 1. The Morgan fingerprint density at radius 1 is 1.19 bits per heavy atom. The van der Waals surface area contributed by atoms with Crippen molar-refractivity contribution in [1.29, 1.82) is 0 Å². The molecule has 0 atom stereocenters. The number of imidazole rings is 1. The number of carbonyl (C=O) groups excluding carboxylic acids is 1. The Bertz CT molecular complexity index is 1080. The molecular weight excluding hydrogens is 358 g/mol. The lowest BCUT2D eigenvalue weighted by atomic mass is 10.1. The molecule has 1 aromatic carbocycles. The van der Waals surface area contributed by atoms with Crippen molar-refractivity contribution in [1.82, 2.24) is 9.38 Å². The number of aryl methyl sites for hydroxylation is 1. The number of pyridine rings is 1. The van der Waals surface area contributed by atoms with Gasteiger partial charge in [-0.05, 0) is 54.8 Å². The first-order valence-corrected chi connectivity index (χ1v) is 9.47. The number of ether oxygens (including phenoxy) is 1. The fraction of sp³-hybridized carbons (Fsp3) is 0.143. The Morgan fingerprint density at radius 2 is 2.00 bits per heavy atom. The summed E-state index contributed by atoms with van der Waals surface area (Å²) in [6.07, 6.45) is 2.30. The van der Waals surface area contributed by atoms with Gasteiger partial charge in [0.2, 0.25) is 5.91 Å². The lowest BCUT2D eigenvalue weighted by Gasteiger charge is -2.06. The van der Waals surface area contributed by atoms with Crippen molar-refractivity contribution in [3.05, 3.63) is 70.7 Å². The molecule has 4 aromatic rings.